The zero-order valence-electron chi connectivity index (χ0n) is 15.8. The summed E-state index contributed by atoms with van der Waals surface area (Å²) in [6, 6.07) is 3.63. The van der Waals surface area contributed by atoms with Gasteiger partial charge in [-0.2, -0.15) is 4.68 Å². The first-order valence-electron chi connectivity index (χ1n) is 9.38. The van der Waals surface area contributed by atoms with E-state index in [1.54, 1.807) is 6.92 Å². The second kappa shape index (κ2) is 7.22. The van der Waals surface area contributed by atoms with Crippen LogP contribution in [0.2, 0.25) is 0 Å². The summed E-state index contributed by atoms with van der Waals surface area (Å²) in [7, 11) is 0. The van der Waals surface area contributed by atoms with Gasteiger partial charge >= 0.3 is 6.03 Å². The molecule has 0 atom stereocenters. The van der Waals surface area contributed by atoms with Gasteiger partial charge in [-0.25, -0.2) is 9.18 Å². The molecular weight excluding hydrogens is 381 g/mol. The highest BCUT2D eigenvalue weighted by Crippen LogP contribution is 2.35. The first-order valence-corrected chi connectivity index (χ1v) is 9.38. The van der Waals surface area contributed by atoms with E-state index in [0.29, 0.717) is 24.4 Å². The van der Waals surface area contributed by atoms with Crippen LogP contribution >= 0.6 is 0 Å². The van der Waals surface area contributed by atoms with Gasteiger partial charge in [-0.3, -0.25) is 14.5 Å². The third kappa shape index (κ3) is 3.43. The lowest BCUT2D eigenvalue weighted by Crippen LogP contribution is -2.44. The molecule has 0 unspecified atom stereocenters. The van der Waals surface area contributed by atoms with Gasteiger partial charge in [-0.1, -0.05) is 12.8 Å². The minimum Gasteiger partial charge on any atom is -0.323 e. The lowest BCUT2D eigenvalue weighted by Gasteiger charge is -2.19. The number of aromatic nitrogens is 4. The molecule has 1 aliphatic carbocycles. The number of amides is 4. The Morgan fingerprint density at radius 2 is 2.07 bits per heavy atom. The number of urea groups is 1. The van der Waals surface area contributed by atoms with Crippen LogP contribution in [0.5, 0.6) is 0 Å². The largest absolute Gasteiger partial charge is 0.325 e. The molecule has 10 nitrogen and oxygen atoms in total. The van der Waals surface area contributed by atoms with Crippen molar-refractivity contribution in [1.29, 1.82) is 0 Å². The van der Waals surface area contributed by atoms with Crippen molar-refractivity contribution in [2.75, 3.05) is 11.9 Å². The maximum absolute atomic E-state index is 14.1. The topological polar surface area (TPSA) is 122 Å². The predicted octanol–water partition coefficient (Wildman–Crippen LogP) is 1.30. The molecule has 1 saturated heterocycles. The van der Waals surface area contributed by atoms with Gasteiger partial charge in [0.15, 0.2) is 5.82 Å². The van der Waals surface area contributed by atoms with E-state index in [1.807, 2.05) is 0 Å². The molecule has 1 spiro atoms. The monoisotopic (exact) mass is 401 g/mol. The predicted molar refractivity (Wildman–Crippen MR) is 98.5 cm³/mol. The van der Waals surface area contributed by atoms with Crippen LogP contribution in [-0.4, -0.2) is 55.0 Å². The summed E-state index contributed by atoms with van der Waals surface area (Å²) in [5, 5.41) is 16.4. The number of halogens is 1. The van der Waals surface area contributed by atoms with Crippen molar-refractivity contribution in [2.24, 2.45) is 0 Å². The van der Waals surface area contributed by atoms with Gasteiger partial charge in [-0.15, -0.1) is 5.10 Å². The number of hydrogen-bond donors (Lipinski definition) is 2. The van der Waals surface area contributed by atoms with Crippen LogP contribution in [-0.2, 0) is 9.59 Å². The third-order valence-corrected chi connectivity index (χ3v) is 5.36. The SMILES string of the molecule is Cc1nnnn1-c1ccc(F)c(NC(=O)CCN2C(=O)NC3(CCCC3)C2=O)c1. The van der Waals surface area contributed by atoms with Crippen molar-refractivity contribution < 1.29 is 18.8 Å². The van der Waals surface area contributed by atoms with E-state index in [2.05, 4.69) is 26.2 Å². The molecule has 2 heterocycles. The third-order valence-electron chi connectivity index (χ3n) is 5.36. The maximum Gasteiger partial charge on any atom is 0.325 e. The smallest absolute Gasteiger partial charge is 0.323 e. The molecule has 2 N–H and O–H groups in total. The van der Waals surface area contributed by atoms with Crippen LogP contribution in [0, 0.1) is 12.7 Å². The molecule has 1 aromatic heterocycles. The van der Waals surface area contributed by atoms with E-state index in [1.165, 1.54) is 22.9 Å². The van der Waals surface area contributed by atoms with Gasteiger partial charge < -0.3 is 10.6 Å². The summed E-state index contributed by atoms with van der Waals surface area (Å²) in [6.45, 7) is 1.63. The Labute approximate surface area is 165 Å². The average molecular weight is 401 g/mol. The molecule has 1 aliphatic heterocycles. The van der Waals surface area contributed by atoms with Crippen LogP contribution in [0.3, 0.4) is 0 Å². The number of carbonyl (C=O) groups excluding carboxylic acids is 3. The fourth-order valence-electron chi connectivity index (χ4n) is 3.83. The Bertz CT molecular complexity index is 984. The normalized spacial score (nSPS) is 17.8. The number of hydrogen-bond acceptors (Lipinski definition) is 6. The zero-order chi connectivity index (χ0) is 20.6. The maximum atomic E-state index is 14.1. The number of carbonyl (C=O) groups is 3. The van der Waals surface area contributed by atoms with Crippen molar-refractivity contribution in [3.8, 4) is 5.69 Å². The molecule has 2 aromatic rings. The van der Waals surface area contributed by atoms with Gasteiger partial charge in [0, 0.05) is 13.0 Å². The summed E-state index contributed by atoms with van der Waals surface area (Å²) in [5.74, 6) is -0.904. The fraction of sp³-hybridized carbons (Fsp3) is 0.444. The van der Waals surface area contributed by atoms with E-state index in [9.17, 15) is 18.8 Å². The molecule has 29 heavy (non-hydrogen) atoms. The number of imide groups is 1. The summed E-state index contributed by atoms with van der Waals surface area (Å²) in [5.41, 5.74) is -0.356. The summed E-state index contributed by atoms with van der Waals surface area (Å²) < 4.78 is 15.5. The molecular formula is C18H20FN7O3. The Morgan fingerprint density at radius 1 is 1.31 bits per heavy atom. The molecule has 0 radical (unpaired) electrons. The van der Waals surface area contributed by atoms with Crippen molar-refractivity contribution >= 4 is 23.5 Å². The van der Waals surface area contributed by atoms with Crippen LogP contribution in [0.15, 0.2) is 18.2 Å². The molecule has 11 heteroatoms. The zero-order valence-corrected chi connectivity index (χ0v) is 15.8. The van der Waals surface area contributed by atoms with Gasteiger partial charge in [-0.05, 0) is 48.4 Å². The van der Waals surface area contributed by atoms with Gasteiger partial charge in [0.1, 0.15) is 11.4 Å². The van der Waals surface area contributed by atoms with Crippen molar-refractivity contribution in [3.05, 3.63) is 29.8 Å². The summed E-state index contributed by atoms with van der Waals surface area (Å²) >= 11 is 0. The average Bonchev–Trinajstić information content (AvgIpc) is 3.38. The number of rotatable bonds is 5. The lowest BCUT2D eigenvalue weighted by molar-refractivity contribution is -0.131. The van der Waals surface area contributed by atoms with E-state index >= 15 is 0 Å². The van der Waals surface area contributed by atoms with Crippen molar-refractivity contribution in [3.63, 3.8) is 0 Å². The van der Waals surface area contributed by atoms with Crippen LogP contribution in [0.4, 0.5) is 14.9 Å². The standard InChI is InChI=1S/C18H20FN7O3/c1-11-22-23-24-26(11)12-4-5-13(19)14(10-12)20-15(27)6-9-25-16(28)18(21-17(25)29)7-2-3-8-18/h4-5,10H,2-3,6-9H2,1H3,(H,20,27)(H,21,29). The van der Waals surface area contributed by atoms with Gasteiger partial charge in [0.25, 0.3) is 5.91 Å². The minimum atomic E-state index is -0.808. The van der Waals surface area contributed by atoms with Crippen molar-refractivity contribution in [1.82, 2.24) is 30.4 Å². The summed E-state index contributed by atoms with van der Waals surface area (Å²) in [6.07, 6.45) is 2.87. The number of benzene rings is 1. The Morgan fingerprint density at radius 3 is 2.76 bits per heavy atom. The highest BCUT2D eigenvalue weighted by molar-refractivity contribution is 6.07. The number of nitrogens with zero attached hydrogens (tertiary/aromatic N) is 5. The van der Waals surface area contributed by atoms with Gasteiger partial charge in [0.2, 0.25) is 5.91 Å². The molecule has 1 saturated carbocycles. The highest BCUT2D eigenvalue weighted by Gasteiger charge is 2.52. The second-order valence-electron chi connectivity index (χ2n) is 7.28. The number of anilines is 1. The molecule has 152 valence electrons. The van der Waals surface area contributed by atoms with E-state index < -0.39 is 23.3 Å². The quantitative estimate of drug-likeness (QED) is 0.729. The molecule has 2 aliphatic rings. The first-order chi connectivity index (χ1) is 13.9. The number of tetrazole rings is 1. The Kier molecular flexibility index (Phi) is 4.73. The Balaban J connectivity index is 1.41. The first kappa shape index (κ1) is 19.0. The van der Waals surface area contributed by atoms with E-state index in [-0.39, 0.29) is 24.6 Å². The van der Waals surface area contributed by atoms with E-state index in [0.717, 1.165) is 17.7 Å². The highest BCUT2D eigenvalue weighted by atomic mass is 19.1. The molecule has 0 bridgehead atoms. The van der Waals surface area contributed by atoms with Crippen molar-refractivity contribution in [2.45, 2.75) is 44.6 Å². The Hall–Kier alpha value is -3.37. The molecule has 4 amide bonds. The number of nitrogens with one attached hydrogen (secondary N) is 2. The second-order valence-corrected chi connectivity index (χ2v) is 7.28. The minimum absolute atomic E-state index is 0.0353. The molecule has 2 fully saturated rings. The van der Waals surface area contributed by atoms with Crippen LogP contribution in [0.25, 0.3) is 5.69 Å². The van der Waals surface area contributed by atoms with Crippen LogP contribution in [0.1, 0.15) is 37.9 Å². The fourth-order valence-corrected chi connectivity index (χ4v) is 3.83. The lowest BCUT2D eigenvalue weighted by atomic mass is 9.98. The van der Waals surface area contributed by atoms with E-state index in [4.69, 9.17) is 0 Å². The molecule has 4 rings (SSSR count). The van der Waals surface area contributed by atoms with Gasteiger partial charge in [0.05, 0.1) is 11.4 Å². The summed E-state index contributed by atoms with van der Waals surface area (Å²) in [4.78, 5) is 38.2. The van der Waals surface area contributed by atoms with Crippen LogP contribution < -0.4 is 10.6 Å². The molecule has 1 aromatic carbocycles. The number of aryl methyl sites for hydroxylation is 1.